The molecule has 3 rings (SSSR count). The van der Waals surface area contributed by atoms with Crippen molar-refractivity contribution < 1.29 is 17.2 Å². The zero-order valence-corrected chi connectivity index (χ0v) is 16.7. The summed E-state index contributed by atoms with van der Waals surface area (Å²) in [6, 6.07) is 1.79. The van der Waals surface area contributed by atoms with E-state index in [1.165, 1.54) is 6.20 Å². The van der Waals surface area contributed by atoms with E-state index in [2.05, 4.69) is 19.9 Å². The van der Waals surface area contributed by atoms with Gasteiger partial charge in [0.2, 0.25) is 0 Å². The van der Waals surface area contributed by atoms with Gasteiger partial charge in [0.25, 0.3) is 10.0 Å². The van der Waals surface area contributed by atoms with Crippen LogP contribution in [0.4, 0.5) is 19.6 Å². The Bertz CT molecular complexity index is 889. The molecule has 0 amide bonds. The summed E-state index contributed by atoms with van der Waals surface area (Å²) in [5, 5.41) is 4.73. The van der Waals surface area contributed by atoms with Crippen molar-refractivity contribution in [3.8, 4) is 0 Å². The number of rotatable bonds is 6. The maximum Gasteiger partial charge on any atom is 0.266 e. The molecule has 1 fully saturated rings. The third kappa shape index (κ3) is 4.56. The summed E-state index contributed by atoms with van der Waals surface area (Å²) in [5.74, 6) is -1.82. The summed E-state index contributed by atoms with van der Waals surface area (Å²) >= 11 is 1.05. The second-order valence-corrected chi connectivity index (χ2v) is 9.32. The molecule has 1 saturated carbocycles. The lowest BCUT2D eigenvalue weighted by molar-refractivity contribution is 0.211. The number of likely N-dealkylation sites (N-methyl/N-ethyl adjacent to an activating group) is 1. The van der Waals surface area contributed by atoms with Crippen LogP contribution < -0.4 is 10.0 Å². The molecular weight excluding hydrogens is 394 g/mol. The Morgan fingerprint density at radius 3 is 2.59 bits per heavy atom. The van der Waals surface area contributed by atoms with E-state index in [4.69, 9.17) is 0 Å². The van der Waals surface area contributed by atoms with Gasteiger partial charge in [-0.1, -0.05) is 12.8 Å². The van der Waals surface area contributed by atoms with Crippen LogP contribution in [0, 0.1) is 11.6 Å². The molecule has 10 heteroatoms. The normalized spacial score (nSPS) is 20.6. The average Bonchev–Trinajstić information content (AvgIpc) is 3.10. The predicted molar refractivity (Wildman–Crippen MR) is 103 cm³/mol. The van der Waals surface area contributed by atoms with Crippen LogP contribution in [0.2, 0.25) is 0 Å². The summed E-state index contributed by atoms with van der Waals surface area (Å²) in [4.78, 5) is 5.12. The number of sulfonamides is 1. The molecule has 1 aliphatic rings. The zero-order valence-electron chi connectivity index (χ0n) is 15.1. The van der Waals surface area contributed by atoms with E-state index in [1.54, 1.807) is 5.38 Å². The summed E-state index contributed by atoms with van der Waals surface area (Å²) in [7, 11) is -0.344. The fraction of sp³-hybridized carbons (Fsp3) is 0.471. The summed E-state index contributed by atoms with van der Waals surface area (Å²) in [6.07, 6.45) is 5.33. The van der Waals surface area contributed by atoms with Crippen LogP contribution in [-0.4, -0.2) is 44.5 Å². The largest absolute Gasteiger partial charge is 0.378 e. The first kappa shape index (κ1) is 20.0. The molecule has 0 spiro atoms. The minimum Gasteiger partial charge on any atom is -0.378 e. The first-order valence-electron chi connectivity index (χ1n) is 8.62. The molecule has 27 heavy (non-hydrogen) atoms. The van der Waals surface area contributed by atoms with Crippen LogP contribution in [0.3, 0.4) is 0 Å². The van der Waals surface area contributed by atoms with Gasteiger partial charge in [0.1, 0.15) is 16.5 Å². The number of thiazole rings is 1. The molecule has 0 aliphatic heterocycles. The molecule has 6 nitrogen and oxygen atoms in total. The Labute approximate surface area is 161 Å². The Morgan fingerprint density at radius 1 is 1.19 bits per heavy atom. The van der Waals surface area contributed by atoms with E-state index in [-0.39, 0.29) is 22.9 Å². The van der Waals surface area contributed by atoms with Crippen molar-refractivity contribution in [2.24, 2.45) is 0 Å². The standard InChI is InChI=1S/C17H22F2N4O2S2/c1-23(2)15-6-4-3-5-13(15)21-14-9-12(19)16(10-11(14)18)27(24,25)22-17-20-7-8-26-17/h7-10,13,15,21H,3-6H2,1-2H3,(H,20,22)/t13-,15-/m0/s1. The van der Waals surface area contributed by atoms with Gasteiger partial charge in [-0.05, 0) is 33.0 Å². The number of nitrogens with zero attached hydrogens (tertiary/aromatic N) is 2. The Balaban J connectivity index is 1.84. The van der Waals surface area contributed by atoms with E-state index in [0.717, 1.165) is 43.1 Å². The SMILES string of the molecule is CN(C)[C@H]1CCCC[C@@H]1Nc1cc(F)c(S(=O)(=O)Nc2nccs2)cc1F. The molecule has 0 unspecified atom stereocenters. The van der Waals surface area contributed by atoms with Crippen molar-refractivity contribution in [1.82, 2.24) is 9.88 Å². The number of anilines is 2. The smallest absolute Gasteiger partial charge is 0.266 e. The van der Waals surface area contributed by atoms with Gasteiger partial charge in [-0.2, -0.15) is 0 Å². The summed E-state index contributed by atoms with van der Waals surface area (Å²) in [6.45, 7) is 0. The third-order valence-corrected chi connectivity index (χ3v) is 6.87. The minimum atomic E-state index is -4.26. The fourth-order valence-electron chi connectivity index (χ4n) is 3.39. The number of halogens is 2. The highest BCUT2D eigenvalue weighted by molar-refractivity contribution is 7.93. The van der Waals surface area contributed by atoms with E-state index < -0.39 is 26.6 Å². The van der Waals surface area contributed by atoms with Gasteiger partial charge in [0.15, 0.2) is 5.13 Å². The van der Waals surface area contributed by atoms with Gasteiger partial charge in [-0.15, -0.1) is 11.3 Å². The maximum absolute atomic E-state index is 14.6. The van der Waals surface area contributed by atoms with Gasteiger partial charge in [-0.3, -0.25) is 4.72 Å². The molecule has 2 N–H and O–H groups in total. The quantitative estimate of drug-likeness (QED) is 0.754. The fourth-order valence-corrected chi connectivity index (χ4v) is 5.25. The number of hydrogen-bond donors (Lipinski definition) is 2. The van der Waals surface area contributed by atoms with Gasteiger partial charge >= 0.3 is 0 Å². The van der Waals surface area contributed by atoms with Crippen molar-refractivity contribution in [3.63, 3.8) is 0 Å². The van der Waals surface area contributed by atoms with Crippen LogP contribution >= 0.6 is 11.3 Å². The Hall–Kier alpha value is -1.78. The molecule has 2 aromatic rings. The minimum absolute atomic E-state index is 0.0283. The van der Waals surface area contributed by atoms with Crippen LogP contribution in [0.5, 0.6) is 0 Å². The molecule has 0 radical (unpaired) electrons. The highest BCUT2D eigenvalue weighted by Crippen LogP contribution is 2.29. The molecule has 1 heterocycles. The average molecular weight is 417 g/mol. The second-order valence-electron chi connectivity index (χ2n) is 6.77. The summed E-state index contributed by atoms with van der Waals surface area (Å²) < 4.78 is 55.9. The highest BCUT2D eigenvalue weighted by Gasteiger charge is 2.29. The molecule has 1 aromatic carbocycles. The lowest BCUT2D eigenvalue weighted by atomic mass is 9.89. The van der Waals surface area contributed by atoms with Crippen LogP contribution in [0.1, 0.15) is 25.7 Å². The predicted octanol–water partition coefficient (Wildman–Crippen LogP) is 3.51. The molecule has 0 bridgehead atoms. The molecule has 1 aliphatic carbocycles. The molecular formula is C17H22F2N4O2S2. The van der Waals surface area contributed by atoms with Gasteiger partial charge in [0, 0.05) is 29.7 Å². The van der Waals surface area contributed by atoms with Gasteiger partial charge < -0.3 is 10.2 Å². The topological polar surface area (TPSA) is 74.3 Å². The van der Waals surface area contributed by atoms with Gasteiger partial charge in [-0.25, -0.2) is 22.2 Å². The molecule has 148 valence electrons. The third-order valence-electron chi connectivity index (χ3n) is 4.70. The number of hydrogen-bond acceptors (Lipinski definition) is 6. The van der Waals surface area contributed by atoms with Crippen molar-refractivity contribution in [1.29, 1.82) is 0 Å². The Kier molecular flexibility index (Phi) is 5.97. The van der Waals surface area contributed by atoms with Crippen molar-refractivity contribution in [2.45, 2.75) is 42.7 Å². The van der Waals surface area contributed by atoms with Crippen molar-refractivity contribution in [3.05, 3.63) is 35.3 Å². The second kappa shape index (κ2) is 8.07. The van der Waals surface area contributed by atoms with Crippen LogP contribution in [0.15, 0.2) is 28.6 Å². The highest BCUT2D eigenvalue weighted by atomic mass is 32.2. The van der Waals surface area contributed by atoms with E-state index in [0.29, 0.717) is 6.07 Å². The van der Waals surface area contributed by atoms with Crippen molar-refractivity contribution in [2.75, 3.05) is 24.1 Å². The van der Waals surface area contributed by atoms with E-state index >= 15 is 0 Å². The first-order valence-corrected chi connectivity index (χ1v) is 11.0. The Morgan fingerprint density at radius 2 is 1.93 bits per heavy atom. The lowest BCUT2D eigenvalue weighted by Gasteiger charge is -2.37. The summed E-state index contributed by atoms with van der Waals surface area (Å²) in [5.41, 5.74) is -0.0283. The number of nitrogens with one attached hydrogen (secondary N) is 2. The van der Waals surface area contributed by atoms with E-state index in [1.807, 2.05) is 14.1 Å². The first-order chi connectivity index (χ1) is 12.8. The van der Waals surface area contributed by atoms with Gasteiger partial charge in [0.05, 0.1) is 5.69 Å². The molecule has 0 saturated heterocycles. The molecule has 2 atom stereocenters. The lowest BCUT2D eigenvalue weighted by Crippen LogP contribution is -2.45. The molecule has 1 aromatic heterocycles. The number of aromatic nitrogens is 1. The maximum atomic E-state index is 14.6. The number of benzene rings is 1. The van der Waals surface area contributed by atoms with Crippen LogP contribution in [-0.2, 0) is 10.0 Å². The van der Waals surface area contributed by atoms with Crippen molar-refractivity contribution >= 4 is 32.2 Å². The zero-order chi connectivity index (χ0) is 19.6. The monoisotopic (exact) mass is 416 g/mol. The van der Waals surface area contributed by atoms with E-state index in [9.17, 15) is 17.2 Å². The van der Waals surface area contributed by atoms with Crippen LogP contribution in [0.25, 0.3) is 0 Å².